The average molecular weight is 358 g/mol. The van der Waals surface area contributed by atoms with Gasteiger partial charge in [-0.05, 0) is 36.8 Å². The molecule has 138 valence electrons. The SMILES string of the molecule is CCOC(=O)CCC(=O)NNC(=O)[C@H](C)Oc1ccc2ccccc2c1. The third kappa shape index (κ3) is 5.77. The molecule has 2 amide bonds. The maximum atomic E-state index is 12.0. The number of fused-ring (bicyclic) bond motifs is 1. The van der Waals surface area contributed by atoms with E-state index in [0.29, 0.717) is 5.75 Å². The van der Waals surface area contributed by atoms with Crippen molar-refractivity contribution in [3.8, 4) is 5.75 Å². The highest BCUT2D eigenvalue weighted by molar-refractivity contribution is 5.86. The number of carbonyl (C=O) groups excluding carboxylic acids is 3. The van der Waals surface area contributed by atoms with Crippen LogP contribution in [0.3, 0.4) is 0 Å². The Morgan fingerprint density at radius 2 is 1.73 bits per heavy atom. The first-order valence-electron chi connectivity index (χ1n) is 8.39. The Bertz CT molecular complexity index is 790. The smallest absolute Gasteiger partial charge is 0.306 e. The van der Waals surface area contributed by atoms with E-state index in [0.717, 1.165) is 10.8 Å². The van der Waals surface area contributed by atoms with Gasteiger partial charge in [0.05, 0.1) is 13.0 Å². The van der Waals surface area contributed by atoms with E-state index in [9.17, 15) is 14.4 Å². The number of hydrazine groups is 1. The number of amides is 2. The molecule has 26 heavy (non-hydrogen) atoms. The minimum Gasteiger partial charge on any atom is -0.481 e. The molecule has 0 spiro atoms. The van der Waals surface area contributed by atoms with Gasteiger partial charge in [-0.3, -0.25) is 25.2 Å². The van der Waals surface area contributed by atoms with E-state index in [1.54, 1.807) is 19.9 Å². The van der Waals surface area contributed by atoms with Crippen LogP contribution in [0.1, 0.15) is 26.7 Å². The normalized spacial score (nSPS) is 11.5. The summed E-state index contributed by atoms with van der Waals surface area (Å²) < 4.78 is 10.3. The lowest BCUT2D eigenvalue weighted by Gasteiger charge is -2.15. The molecule has 2 rings (SSSR count). The molecule has 2 N–H and O–H groups in total. The fourth-order valence-electron chi connectivity index (χ4n) is 2.24. The van der Waals surface area contributed by atoms with Crippen molar-refractivity contribution in [3.05, 3.63) is 42.5 Å². The van der Waals surface area contributed by atoms with Crippen LogP contribution in [0, 0.1) is 0 Å². The highest BCUT2D eigenvalue weighted by Crippen LogP contribution is 2.21. The third-order valence-corrected chi connectivity index (χ3v) is 3.59. The molecule has 1 atom stereocenters. The van der Waals surface area contributed by atoms with Crippen LogP contribution in [0.25, 0.3) is 10.8 Å². The molecule has 0 aliphatic heterocycles. The minimum absolute atomic E-state index is 0.0430. The van der Waals surface area contributed by atoms with Gasteiger partial charge in [0.25, 0.3) is 5.91 Å². The Morgan fingerprint density at radius 1 is 1.00 bits per heavy atom. The van der Waals surface area contributed by atoms with Crippen molar-refractivity contribution < 1.29 is 23.9 Å². The Hall–Kier alpha value is -3.09. The minimum atomic E-state index is -0.804. The van der Waals surface area contributed by atoms with E-state index in [1.807, 2.05) is 36.4 Å². The summed E-state index contributed by atoms with van der Waals surface area (Å²) in [5.41, 5.74) is 4.53. The number of carbonyl (C=O) groups is 3. The molecule has 0 saturated carbocycles. The summed E-state index contributed by atoms with van der Waals surface area (Å²) in [6.45, 7) is 3.53. The maximum Gasteiger partial charge on any atom is 0.306 e. The number of hydrogen-bond acceptors (Lipinski definition) is 5. The van der Waals surface area contributed by atoms with Crippen LogP contribution in [-0.2, 0) is 19.1 Å². The summed E-state index contributed by atoms with van der Waals surface area (Å²) in [5.74, 6) is -0.881. The van der Waals surface area contributed by atoms with Gasteiger partial charge in [-0.25, -0.2) is 0 Å². The Kier molecular flexibility index (Phi) is 6.96. The van der Waals surface area contributed by atoms with Crippen LogP contribution >= 0.6 is 0 Å². The van der Waals surface area contributed by atoms with Crippen molar-refractivity contribution in [3.63, 3.8) is 0 Å². The van der Waals surface area contributed by atoms with Crippen LogP contribution in [0.2, 0.25) is 0 Å². The molecular formula is C19H22N2O5. The quantitative estimate of drug-likeness (QED) is 0.584. The van der Waals surface area contributed by atoms with Gasteiger partial charge in [0.15, 0.2) is 6.10 Å². The topological polar surface area (TPSA) is 93.7 Å². The number of esters is 1. The van der Waals surface area contributed by atoms with Gasteiger partial charge in [0.2, 0.25) is 5.91 Å². The molecule has 7 heteroatoms. The van der Waals surface area contributed by atoms with Gasteiger partial charge in [0, 0.05) is 6.42 Å². The first-order valence-corrected chi connectivity index (χ1v) is 8.39. The summed E-state index contributed by atoms with van der Waals surface area (Å²) in [7, 11) is 0. The van der Waals surface area contributed by atoms with Gasteiger partial charge in [-0.15, -0.1) is 0 Å². The summed E-state index contributed by atoms with van der Waals surface area (Å²) in [6.07, 6.45) is -0.918. The number of rotatable bonds is 7. The Morgan fingerprint density at radius 3 is 2.46 bits per heavy atom. The molecule has 0 saturated heterocycles. The van der Waals surface area contributed by atoms with Crippen LogP contribution in [0.15, 0.2) is 42.5 Å². The van der Waals surface area contributed by atoms with Crippen LogP contribution in [0.4, 0.5) is 0 Å². The van der Waals surface area contributed by atoms with E-state index in [2.05, 4.69) is 10.9 Å². The van der Waals surface area contributed by atoms with Crippen LogP contribution < -0.4 is 15.6 Å². The second kappa shape index (κ2) is 9.41. The zero-order valence-electron chi connectivity index (χ0n) is 14.8. The molecule has 7 nitrogen and oxygen atoms in total. The predicted molar refractivity (Wildman–Crippen MR) is 96.2 cm³/mol. The van der Waals surface area contributed by atoms with Crippen molar-refractivity contribution in [1.29, 1.82) is 0 Å². The highest BCUT2D eigenvalue weighted by atomic mass is 16.5. The highest BCUT2D eigenvalue weighted by Gasteiger charge is 2.16. The Labute approximate surface area is 151 Å². The average Bonchev–Trinajstić information content (AvgIpc) is 2.64. The molecule has 0 aromatic heterocycles. The van der Waals surface area contributed by atoms with Gasteiger partial charge < -0.3 is 9.47 Å². The fraction of sp³-hybridized carbons (Fsp3) is 0.316. The summed E-state index contributed by atoms with van der Waals surface area (Å²) in [4.78, 5) is 34.8. The Balaban J connectivity index is 1.79. The molecule has 2 aromatic rings. The van der Waals surface area contributed by atoms with Gasteiger partial charge in [-0.1, -0.05) is 30.3 Å². The molecule has 0 unspecified atom stereocenters. The monoisotopic (exact) mass is 358 g/mol. The summed E-state index contributed by atoms with van der Waals surface area (Å²) >= 11 is 0. The lowest BCUT2D eigenvalue weighted by atomic mass is 10.1. The van der Waals surface area contributed by atoms with Crippen LogP contribution in [0.5, 0.6) is 5.75 Å². The molecular weight excluding hydrogens is 336 g/mol. The van der Waals surface area contributed by atoms with Gasteiger partial charge in [0.1, 0.15) is 5.75 Å². The standard InChI is InChI=1S/C19H22N2O5/c1-3-25-18(23)11-10-17(22)20-21-19(24)13(2)26-16-9-8-14-6-4-5-7-15(14)12-16/h4-9,12-13H,3,10-11H2,1-2H3,(H,20,22)(H,21,24)/t13-/m0/s1. The van der Waals surface area contributed by atoms with E-state index in [1.165, 1.54) is 0 Å². The summed E-state index contributed by atoms with van der Waals surface area (Å²) in [5, 5.41) is 2.08. The second-order valence-corrected chi connectivity index (χ2v) is 5.61. The van der Waals surface area contributed by atoms with Crippen LogP contribution in [-0.4, -0.2) is 30.5 Å². The van der Waals surface area contributed by atoms with Crippen molar-refractivity contribution in [2.75, 3.05) is 6.61 Å². The van der Waals surface area contributed by atoms with E-state index >= 15 is 0 Å². The van der Waals surface area contributed by atoms with E-state index in [-0.39, 0.29) is 19.4 Å². The number of ether oxygens (including phenoxy) is 2. The van der Waals surface area contributed by atoms with Crippen molar-refractivity contribution in [2.45, 2.75) is 32.8 Å². The molecule has 2 aromatic carbocycles. The van der Waals surface area contributed by atoms with Crippen molar-refractivity contribution in [2.24, 2.45) is 0 Å². The first-order chi connectivity index (χ1) is 12.5. The predicted octanol–water partition coefficient (Wildman–Crippen LogP) is 2.10. The maximum absolute atomic E-state index is 12.0. The molecule has 0 heterocycles. The van der Waals surface area contributed by atoms with E-state index in [4.69, 9.17) is 9.47 Å². The largest absolute Gasteiger partial charge is 0.481 e. The number of hydrogen-bond donors (Lipinski definition) is 2. The third-order valence-electron chi connectivity index (χ3n) is 3.59. The zero-order valence-corrected chi connectivity index (χ0v) is 14.8. The summed E-state index contributed by atoms with van der Waals surface area (Å²) in [6, 6.07) is 13.4. The molecule has 0 fully saturated rings. The van der Waals surface area contributed by atoms with Gasteiger partial charge in [-0.2, -0.15) is 0 Å². The van der Waals surface area contributed by atoms with E-state index < -0.39 is 23.9 Å². The van der Waals surface area contributed by atoms with Gasteiger partial charge >= 0.3 is 5.97 Å². The lowest BCUT2D eigenvalue weighted by Crippen LogP contribution is -2.47. The lowest BCUT2D eigenvalue weighted by molar-refractivity contribution is -0.144. The molecule has 0 bridgehead atoms. The first kappa shape index (κ1) is 19.2. The number of nitrogens with one attached hydrogen (secondary N) is 2. The van der Waals surface area contributed by atoms with Crippen molar-refractivity contribution in [1.82, 2.24) is 10.9 Å². The number of benzene rings is 2. The van der Waals surface area contributed by atoms with Crippen molar-refractivity contribution >= 4 is 28.6 Å². The second-order valence-electron chi connectivity index (χ2n) is 5.61. The molecule has 0 aliphatic carbocycles. The molecule has 0 radical (unpaired) electrons. The zero-order chi connectivity index (χ0) is 18.9. The fourth-order valence-corrected chi connectivity index (χ4v) is 2.24. The molecule has 0 aliphatic rings.